The molecule has 0 aromatic heterocycles. The van der Waals surface area contributed by atoms with Gasteiger partial charge in [0.1, 0.15) is 0 Å². The standard InChI is InChI=1S/C15H20N2O3S/c1-17(13-6-7-21(19,20)10-13)15(18)14-8-11-4-2-3-5-12(11)9-16-14/h2-5,13-14,16H,6-10H2,1H3. The molecule has 0 saturated carbocycles. The molecule has 0 bridgehead atoms. The van der Waals surface area contributed by atoms with Gasteiger partial charge in [0.2, 0.25) is 5.91 Å². The zero-order valence-corrected chi connectivity index (χ0v) is 12.9. The van der Waals surface area contributed by atoms with Gasteiger partial charge < -0.3 is 10.2 Å². The lowest BCUT2D eigenvalue weighted by molar-refractivity contribution is -0.134. The van der Waals surface area contributed by atoms with Crippen LogP contribution < -0.4 is 5.32 Å². The van der Waals surface area contributed by atoms with Crippen LogP contribution in [-0.4, -0.2) is 49.9 Å². The molecule has 21 heavy (non-hydrogen) atoms. The molecule has 2 aliphatic rings. The second kappa shape index (κ2) is 5.42. The maximum Gasteiger partial charge on any atom is 0.240 e. The first-order valence-electron chi connectivity index (χ1n) is 7.23. The van der Waals surface area contributed by atoms with E-state index in [9.17, 15) is 13.2 Å². The second-order valence-electron chi connectivity index (χ2n) is 5.91. The van der Waals surface area contributed by atoms with Crippen molar-refractivity contribution >= 4 is 15.7 Å². The van der Waals surface area contributed by atoms with E-state index in [1.54, 1.807) is 11.9 Å². The van der Waals surface area contributed by atoms with E-state index in [0.717, 1.165) is 0 Å². The molecular weight excluding hydrogens is 288 g/mol. The molecule has 1 saturated heterocycles. The summed E-state index contributed by atoms with van der Waals surface area (Å²) in [5.41, 5.74) is 2.43. The predicted octanol–water partition coefficient (Wildman–Crippen LogP) is 0.346. The summed E-state index contributed by atoms with van der Waals surface area (Å²) in [4.78, 5) is 14.2. The number of fused-ring (bicyclic) bond motifs is 1. The Morgan fingerprint density at radius 1 is 1.29 bits per heavy atom. The Morgan fingerprint density at radius 2 is 2.00 bits per heavy atom. The highest BCUT2D eigenvalue weighted by molar-refractivity contribution is 7.91. The number of rotatable bonds is 2. The monoisotopic (exact) mass is 308 g/mol. The zero-order valence-electron chi connectivity index (χ0n) is 12.1. The van der Waals surface area contributed by atoms with Crippen LogP contribution in [0.25, 0.3) is 0 Å². The van der Waals surface area contributed by atoms with E-state index in [4.69, 9.17) is 0 Å². The molecule has 1 amide bonds. The third-order valence-electron chi connectivity index (χ3n) is 4.48. The van der Waals surface area contributed by atoms with Crippen LogP contribution in [0.1, 0.15) is 17.5 Å². The van der Waals surface area contributed by atoms with Crippen molar-refractivity contribution in [2.45, 2.75) is 31.5 Å². The number of benzene rings is 1. The van der Waals surface area contributed by atoms with Crippen molar-refractivity contribution < 1.29 is 13.2 Å². The second-order valence-corrected chi connectivity index (χ2v) is 8.14. The van der Waals surface area contributed by atoms with Gasteiger partial charge >= 0.3 is 0 Å². The van der Waals surface area contributed by atoms with Crippen LogP contribution in [0.5, 0.6) is 0 Å². The fraction of sp³-hybridized carbons (Fsp3) is 0.533. The molecule has 5 nitrogen and oxygen atoms in total. The lowest BCUT2D eigenvalue weighted by Crippen LogP contribution is -2.51. The summed E-state index contributed by atoms with van der Waals surface area (Å²) in [6.45, 7) is 0.684. The number of amides is 1. The van der Waals surface area contributed by atoms with Gasteiger partial charge in [-0.2, -0.15) is 0 Å². The molecule has 2 atom stereocenters. The van der Waals surface area contributed by atoms with Gasteiger partial charge in [-0.25, -0.2) is 8.42 Å². The minimum atomic E-state index is -2.97. The summed E-state index contributed by atoms with van der Waals surface area (Å²) >= 11 is 0. The molecular formula is C15H20N2O3S. The SMILES string of the molecule is CN(C(=O)C1Cc2ccccc2CN1)C1CCS(=O)(=O)C1. The number of sulfone groups is 1. The Labute approximate surface area is 125 Å². The van der Waals surface area contributed by atoms with Crippen LogP contribution in [0.4, 0.5) is 0 Å². The van der Waals surface area contributed by atoms with Gasteiger partial charge in [0.05, 0.1) is 17.5 Å². The van der Waals surface area contributed by atoms with E-state index in [0.29, 0.717) is 19.4 Å². The summed E-state index contributed by atoms with van der Waals surface area (Å²) in [5, 5.41) is 3.26. The summed E-state index contributed by atoms with van der Waals surface area (Å²) in [6, 6.07) is 7.67. The molecule has 1 aromatic carbocycles. The van der Waals surface area contributed by atoms with Crippen molar-refractivity contribution in [2.24, 2.45) is 0 Å². The van der Waals surface area contributed by atoms with Crippen LogP contribution in [0.3, 0.4) is 0 Å². The van der Waals surface area contributed by atoms with Gasteiger partial charge in [-0.15, -0.1) is 0 Å². The minimum absolute atomic E-state index is 0.00777. The third kappa shape index (κ3) is 2.96. The molecule has 0 aliphatic carbocycles. The fourth-order valence-electron chi connectivity index (χ4n) is 3.14. The zero-order chi connectivity index (χ0) is 15.0. The van der Waals surface area contributed by atoms with Gasteiger partial charge in [0.25, 0.3) is 0 Å². The molecule has 0 radical (unpaired) electrons. The lowest BCUT2D eigenvalue weighted by atomic mass is 9.95. The Morgan fingerprint density at radius 3 is 2.67 bits per heavy atom. The molecule has 3 rings (SSSR count). The Bertz CT molecular complexity index is 657. The molecule has 1 aromatic rings. The molecule has 114 valence electrons. The molecule has 2 heterocycles. The van der Waals surface area contributed by atoms with Crippen LogP contribution in [-0.2, 0) is 27.6 Å². The molecule has 1 fully saturated rings. The van der Waals surface area contributed by atoms with E-state index in [1.165, 1.54) is 11.1 Å². The summed E-state index contributed by atoms with van der Waals surface area (Å²) in [6.07, 6.45) is 1.21. The Kier molecular flexibility index (Phi) is 3.75. The highest BCUT2D eigenvalue weighted by atomic mass is 32.2. The number of hydrogen-bond acceptors (Lipinski definition) is 4. The maximum atomic E-state index is 12.6. The summed E-state index contributed by atoms with van der Waals surface area (Å²) < 4.78 is 23.1. The smallest absolute Gasteiger partial charge is 0.240 e. The van der Waals surface area contributed by atoms with Crippen molar-refractivity contribution in [1.29, 1.82) is 0 Å². The predicted molar refractivity (Wildman–Crippen MR) is 80.6 cm³/mol. The van der Waals surface area contributed by atoms with E-state index in [2.05, 4.69) is 17.4 Å². The van der Waals surface area contributed by atoms with Crippen molar-refractivity contribution in [3.05, 3.63) is 35.4 Å². The van der Waals surface area contributed by atoms with Crippen molar-refractivity contribution in [2.75, 3.05) is 18.6 Å². The molecule has 6 heteroatoms. The fourth-order valence-corrected chi connectivity index (χ4v) is 4.91. The first-order chi connectivity index (χ1) is 9.96. The Balaban J connectivity index is 1.69. The number of nitrogens with zero attached hydrogens (tertiary/aromatic N) is 1. The molecule has 0 spiro atoms. The number of nitrogens with one attached hydrogen (secondary N) is 1. The van der Waals surface area contributed by atoms with Gasteiger partial charge in [-0.3, -0.25) is 4.79 Å². The Hall–Kier alpha value is -1.40. The summed E-state index contributed by atoms with van der Waals surface area (Å²) in [5.74, 6) is 0.279. The van der Waals surface area contributed by atoms with E-state index in [-0.39, 0.29) is 29.5 Å². The first kappa shape index (κ1) is 14.5. The lowest BCUT2D eigenvalue weighted by Gasteiger charge is -2.31. The number of carbonyl (C=O) groups is 1. The molecule has 2 aliphatic heterocycles. The van der Waals surface area contributed by atoms with Gasteiger partial charge in [0, 0.05) is 19.6 Å². The maximum absolute atomic E-state index is 12.6. The molecule has 1 N–H and O–H groups in total. The number of likely N-dealkylation sites (N-methyl/N-ethyl adjacent to an activating group) is 1. The quantitative estimate of drug-likeness (QED) is 0.856. The first-order valence-corrected chi connectivity index (χ1v) is 9.06. The van der Waals surface area contributed by atoms with Crippen molar-refractivity contribution in [3.8, 4) is 0 Å². The normalized spacial score (nSPS) is 27.1. The van der Waals surface area contributed by atoms with E-state index in [1.807, 2.05) is 12.1 Å². The minimum Gasteiger partial charge on any atom is -0.340 e. The largest absolute Gasteiger partial charge is 0.340 e. The van der Waals surface area contributed by atoms with Crippen LogP contribution in [0, 0.1) is 0 Å². The number of hydrogen-bond donors (Lipinski definition) is 1. The summed E-state index contributed by atoms with van der Waals surface area (Å²) in [7, 11) is -1.25. The van der Waals surface area contributed by atoms with Crippen molar-refractivity contribution in [1.82, 2.24) is 10.2 Å². The third-order valence-corrected chi connectivity index (χ3v) is 6.23. The van der Waals surface area contributed by atoms with E-state index < -0.39 is 9.84 Å². The average molecular weight is 308 g/mol. The average Bonchev–Trinajstić information content (AvgIpc) is 2.85. The van der Waals surface area contributed by atoms with Crippen LogP contribution in [0.15, 0.2) is 24.3 Å². The topological polar surface area (TPSA) is 66.5 Å². The number of carbonyl (C=O) groups excluding carboxylic acids is 1. The van der Waals surface area contributed by atoms with Crippen molar-refractivity contribution in [3.63, 3.8) is 0 Å². The highest BCUT2D eigenvalue weighted by Crippen LogP contribution is 2.21. The van der Waals surface area contributed by atoms with Gasteiger partial charge in [-0.1, -0.05) is 24.3 Å². The molecule has 2 unspecified atom stereocenters. The van der Waals surface area contributed by atoms with Crippen LogP contribution >= 0.6 is 0 Å². The van der Waals surface area contributed by atoms with Gasteiger partial charge in [0.15, 0.2) is 9.84 Å². The van der Waals surface area contributed by atoms with E-state index >= 15 is 0 Å². The highest BCUT2D eigenvalue weighted by Gasteiger charge is 2.35. The van der Waals surface area contributed by atoms with Gasteiger partial charge in [-0.05, 0) is 24.0 Å². The van der Waals surface area contributed by atoms with Crippen LogP contribution in [0.2, 0.25) is 0 Å².